The molecule has 0 spiro atoms. The lowest BCUT2D eigenvalue weighted by molar-refractivity contribution is 0.142. The SMILES string of the molecule is CN(C)c1ccc(CCNC(=O)N[C@@H]2c3ccccc3C[C@@H]2O)cc1. The number of hydrogen-bond donors (Lipinski definition) is 3. The Morgan fingerprint density at radius 2 is 1.88 bits per heavy atom. The van der Waals surface area contributed by atoms with Crippen molar-refractivity contribution >= 4 is 11.7 Å². The normalized spacial score (nSPS) is 18.5. The molecule has 2 amide bonds. The van der Waals surface area contributed by atoms with Crippen molar-refractivity contribution in [3.63, 3.8) is 0 Å². The Labute approximate surface area is 148 Å². The molecule has 1 aliphatic carbocycles. The predicted molar refractivity (Wildman–Crippen MR) is 99.9 cm³/mol. The molecule has 25 heavy (non-hydrogen) atoms. The summed E-state index contributed by atoms with van der Waals surface area (Å²) in [5.74, 6) is 0. The van der Waals surface area contributed by atoms with E-state index < -0.39 is 6.10 Å². The van der Waals surface area contributed by atoms with Crippen molar-refractivity contribution in [2.24, 2.45) is 0 Å². The quantitative estimate of drug-likeness (QED) is 0.783. The number of fused-ring (bicyclic) bond motifs is 1. The zero-order valence-corrected chi connectivity index (χ0v) is 14.7. The summed E-state index contributed by atoms with van der Waals surface area (Å²) in [4.78, 5) is 14.2. The van der Waals surface area contributed by atoms with E-state index in [-0.39, 0.29) is 12.1 Å². The minimum atomic E-state index is -0.568. The van der Waals surface area contributed by atoms with E-state index in [2.05, 4.69) is 39.8 Å². The van der Waals surface area contributed by atoms with E-state index in [0.717, 1.165) is 23.2 Å². The van der Waals surface area contributed by atoms with Gasteiger partial charge in [0.2, 0.25) is 0 Å². The smallest absolute Gasteiger partial charge is 0.315 e. The summed E-state index contributed by atoms with van der Waals surface area (Å²) in [7, 11) is 4.02. The highest BCUT2D eigenvalue weighted by Crippen LogP contribution is 2.30. The van der Waals surface area contributed by atoms with Crippen LogP contribution in [0.15, 0.2) is 48.5 Å². The average Bonchev–Trinajstić information content (AvgIpc) is 2.91. The van der Waals surface area contributed by atoms with Crippen molar-refractivity contribution in [2.45, 2.75) is 25.0 Å². The maximum atomic E-state index is 12.1. The molecule has 0 unspecified atom stereocenters. The van der Waals surface area contributed by atoms with Crippen molar-refractivity contribution in [1.82, 2.24) is 10.6 Å². The second-order valence-corrected chi connectivity index (χ2v) is 6.66. The Morgan fingerprint density at radius 3 is 2.60 bits per heavy atom. The topological polar surface area (TPSA) is 64.6 Å². The van der Waals surface area contributed by atoms with Crippen LogP contribution in [0.2, 0.25) is 0 Å². The summed E-state index contributed by atoms with van der Waals surface area (Å²) in [5.41, 5.74) is 4.44. The number of hydrogen-bond acceptors (Lipinski definition) is 3. The lowest BCUT2D eigenvalue weighted by Gasteiger charge is -2.18. The van der Waals surface area contributed by atoms with Crippen LogP contribution in [0.5, 0.6) is 0 Å². The fourth-order valence-corrected chi connectivity index (χ4v) is 3.22. The molecule has 0 fully saturated rings. The van der Waals surface area contributed by atoms with Crippen molar-refractivity contribution in [2.75, 3.05) is 25.5 Å². The van der Waals surface area contributed by atoms with Crippen molar-refractivity contribution in [1.29, 1.82) is 0 Å². The highest BCUT2D eigenvalue weighted by atomic mass is 16.3. The van der Waals surface area contributed by atoms with E-state index in [1.807, 2.05) is 38.4 Å². The summed E-state index contributed by atoms with van der Waals surface area (Å²) in [6.07, 6.45) is 0.784. The number of aliphatic hydroxyl groups is 1. The molecule has 0 heterocycles. The third-order valence-electron chi connectivity index (χ3n) is 4.64. The van der Waals surface area contributed by atoms with Gasteiger partial charge in [-0.3, -0.25) is 0 Å². The number of benzene rings is 2. The van der Waals surface area contributed by atoms with Crippen LogP contribution in [-0.4, -0.2) is 37.9 Å². The Balaban J connectivity index is 1.49. The fourth-order valence-electron chi connectivity index (χ4n) is 3.22. The van der Waals surface area contributed by atoms with Gasteiger partial charge in [-0.2, -0.15) is 0 Å². The van der Waals surface area contributed by atoms with Crippen molar-refractivity contribution in [3.8, 4) is 0 Å². The van der Waals surface area contributed by atoms with Crippen LogP contribution >= 0.6 is 0 Å². The van der Waals surface area contributed by atoms with E-state index >= 15 is 0 Å². The molecular formula is C20H25N3O2. The minimum Gasteiger partial charge on any atom is -0.390 e. The highest BCUT2D eigenvalue weighted by Gasteiger charge is 2.31. The van der Waals surface area contributed by atoms with Gasteiger partial charge in [-0.05, 0) is 35.2 Å². The van der Waals surface area contributed by atoms with Gasteiger partial charge in [-0.25, -0.2) is 4.79 Å². The first-order chi connectivity index (χ1) is 12.0. The molecule has 0 bridgehead atoms. The first kappa shape index (κ1) is 17.3. The van der Waals surface area contributed by atoms with Gasteiger partial charge >= 0.3 is 6.03 Å². The molecule has 2 aromatic rings. The number of urea groups is 1. The summed E-state index contributed by atoms with van der Waals surface area (Å²) in [6, 6.07) is 15.6. The predicted octanol–water partition coefficient (Wildman–Crippen LogP) is 2.25. The largest absolute Gasteiger partial charge is 0.390 e. The number of anilines is 1. The number of nitrogens with one attached hydrogen (secondary N) is 2. The first-order valence-electron chi connectivity index (χ1n) is 8.61. The molecule has 1 aliphatic rings. The Bertz CT molecular complexity index is 728. The molecule has 5 heteroatoms. The number of nitrogens with zero attached hydrogens (tertiary/aromatic N) is 1. The average molecular weight is 339 g/mol. The van der Waals surface area contributed by atoms with Crippen LogP contribution in [0, 0.1) is 0 Å². The van der Waals surface area contributed by atoms with Gasteiger partial charge in [0.25, 0.3) is 0 Å². The van der Waals surface area contributed by atoms with Gasteiger partial charge in [-0.15, -0.1) is 0 Å². The fraction of sp³-hybridized carbons (Fsp3) is 0.350. The van der Waals surface area contributed by atoms with Gasteiger partial charge in [0.1, 0.15) is 0 Å². The molecule has 3 rings (SSSR count). The van der Waals surface area contributed by atoms with Gasteiger partial charge < -0.3 is 20.6 Å². The monoisotopic (exact) mass is 339 g/mol. The van der Waals surface area contributed by atoms with E-state index in [1.165, 1.54) is 5.56 Å². The number of carbonyl (C=O) groups excluding carboxylic acids is 1. The molecule has 2 atom stereocenters. The van der Waals surface area contributed by atoms with Gasteiger partial charge in [0.15, 0.2) is 0 Å². The van der Waals surface area contributed by atoms with Crippen LogP contribution < -0.4 is 15.5 Å². The molecule has 0 saturated carbocycles. The number of rotatable bonds is 5. The summed E-state index contributed by atoms with van der Waals surface area (Å²) >= 11 is 0. The van der Waals surface area contributed by atoms with Crippen LogP contribution in [0.3, 0.4) is 0 Å². The Kier molecular flexibility index (Phi) is 5.24. The zero-order chi connectivity index (χ0) is 17.8. The van der Waals surface area contributed by atoms with Gasteiger partial charge in [-0.1, -0.05) is 36.4 Å². The Morgan fingerprint density at radius 1 is 1.16 bits per heavy atom. The van der Waals surface area contributed by atoms with Gasteiger partial charge in [0.05, 0.1) is 12.1 Å². The molecule has 132 valence electrons. The Hall–Kier alpha value is -2.53. The third-order valence-corrected chi connectivity index (χ3v) is 4.64. The highest BCUT2D eigenvalue weighted by molar-refractivity contribution is 5.74. The van der Waals surface area contributed by atoms with Crippen LogP contribution in [0.25, 0.3) is 0 Å². The van der Waals surface area contributed by atoms with E-state index in [4.69, 9.17) is 0 Å². The second-order valence-electron chi connectivity index (χ2n) is 6.66. The van der Waals surface area contributed by atoms with E-state index in [9.17, 15) is 9.90 Å². The maximum absolute atomic E-state index is 12.1. The third kappa shape index (κ3) is 4.12. The van der Waals surface area contributed by atoms with Crippen molar-refractivity contribution in [3.05, 3.63) is 65.2 Å². The number of aliphatic hydroxyl groups excluding tert-OH is 1. The minimum absolute atomic E-state index is 0.245. The van der Waals surface area contributed by atoms with Crippen LogP contribution in [-0.2, 0) is 12.8 Å². The molecule has 0 aliphatic heterocycles. The van der Waals surface area contributed by atoms with E-state index in [0.29, 0.717) is 13.0 Å². The first-order valence-corrected chi connectivity index (χ1v) is 8.61. The van der Waals surface area contributed by atoms with Crippen LogP contribution in [0.1, 0.15) is 22.7 Å². The standard InChI is InChI=1S/C20H25N3O2/c1-23(2)16-9-7-14(8-10-16)11-12-21-20(25)22-19-17-6-4-3-5-15(17)13-18(19)24/h3-10,18-19,24H,11-13H2,1-2H3,(H2,21,22,25)/t18-,19+/m0/s1. The van der Waals surface area contributed by atoms with E-state index in [1.54, 1.807) is 0 Å². The maximum Gasteiger partial charge on any atom is 0.315 e. The summed E-state index contributed by atoms with van der Waals surface area (Å²) in [6.45, 7) is 0.553. The second kappa shape index (κ2) is 7.57. The summed E-state index contributed by atoms with van der Waals surface area (Å²) in [5, 5.41) is 16.0. The summed E-state index contributed by atoms with van der Waals surface area (Å²) < 4.78 is 0. The molecule has 2 aromatic carbocycles. The molecule has 3 N–H and O–H groups in total. The number of amides is 2. The lowest BCUT2D eigenvalue weighted by atomic mass is 10.1. The number of carbonyl (C=O) groups is 1. The molecule has 5 nitrogen and oxygen atoms in total. The zero-order valence-electron chi connectivity index (χ0n) is 14.7. The van der Waals surface area contributed by atoms with Gasteiger partial charge in [0, 0.05) is 32.7 Å². The lowest BCUT2D eigenvalue weighted by Crippen LogP contribution is -2.41. The molecule has 0 saturated heterocycles. The van der Waals surface area contributed by atoms with Crippen molar-refractivity contribution < 1.29 is 9.90 Å². The molecule has 0 aromatic heterocycles. The van der Waals surface area contributed by atoms with Crippen LogP contribution in [0.4, 0.5) is 10.5 Å². The molecular weight excluding hydrogens is 314 g/mol. The molecule has 0 radical (unpaired) electrons.